The zero-order valence-electron chi connectivity index (χ0n) is 10.4. The maximum atomic E-state index is 12.0. The van der Waals surface area contributed by atoms with Gasteiger partial charge in [-0.15, -0.1) is 22.9 Å². The first-order valence-corrected chi connectivity index (χ1v) is 7.72. The van der Waals surface area contributed by atoms with Crippen molar-refractivity contribution in [3.63, 3.8) is 0 Å². The zero-order chi connectivity index (χ0) is 14.1. The second kappa shape index (κ2) is 5.64. The maximum Gasteiger partial charge on any atom is 0.255 e. The largest absolute Gasteiger partial charge is 0.491 e. The van der Waals surface area contributed by atoms with E-state index in [1.165, 1.54) is 11.3 Å². The highest BCUT2D eigenvalue weighted by atomic mass is 35.5. The third-order valence-corrected chi connectivity index (χ3v) is 4.94. The van der Waals surface area contributed by atoms with E-state index in [0.717, 1.165) is 10.4 Å². The van der Waals surface area contributed by atoms with Crippen molar-refractivity contribution in [2.75, 3.05) is 13.2 Å². The van der Waals surface area contributed by atoms with Gasteiger partial charge in [-0.3, -0.25) is 4.79 Å². The van der Waals surface area contributed by atoms with Crippen LogP contribution in [0.3, 0.4) is 0 Å². The average molecular weight is 328 g/mol. The molecular formula is C14H11Cl2NO2S. The van der Waals surface area contributed by atoms with E-state index < -0.39 is 0 Å². The van der Waals surface area contributed by atoms with Crippen LogP contribution in [0.2, 0.25) is 4.34 Å². The van der Waals surface area contributed by atoms with Gasteiger partial charge in [0.25, 0.3) is 5.91 Å². The van der Waals surface area contributed by atoms with Crippen LogP contribution in [0, 0.1) is 0 Å². The number of fused-ring (bicyclic) bond motifs is 1. The predicted molar refractivity (Wildman–Crippen MR) is 81.3 cm³/mol. The van der Waals surface area contributed by atoms with Crippen molar-refractivity contribution in [1.82, 2.24) is 5.32 Å². The molecule has 104 valence electrons. The number of halogens is 2. The van der Waals surface area contributed by atoms with E-state index in [9.17, 15) is 4.79 Å². The van der Waals surface area contributed by atoms with E-state index in [1.807, 2.05) is 18.2 Å². The van der Waals surface area contributed by atoms with Gasteiger partial charge in [-0.25, -0.2) is 0 Å². The van der Waals surface area contributed by atoms with Gasteiger partial charge < -0.3 is 10.1 Å². The molecule has 3 nitrogen and oxygen atoms in total. The summed E-state index contributed by atoms with van der Waals surface area (Å²) in [5, 5.41) is 2.46. The van der Waals surface area contributed by atoms with Crippen LogP contribution in [0.1, 0.15) is 26.2 Å². The Labute approximate surface area is 130 Å². The van der Waals surface area contributed by atoms with E-state index in [-0.39, 0.29) is 11.3 Å². The van der Waals surface area contributed by atoms with Crippen molar-refractivity contribution in [3.05, 3.63) is 50.7 Å². The Kier molecular flexibility index (Phi) is 3.87. The Bertz CT molecular complexity index is 656. The van der Waals surface area contributed by atoms with Gasteiger partial charge >= 0.3 is 0 Å². The number of nitrogens with one attached hydrogen (secondary N) is 1. The molecule has 1 unspecified atom stereocenters. The van der Waals surface area contributed by atoms with E-state index in [0.29, 0.717) is 28.8 Å². The molecule has 0 spiro atoms. The van der Waals surface area contributed by atoms with Gasteiger partial charge in [0.2, 0.25) is 0 Å². The van der Waals surface area contributed by atoms with Crippen LogP contribution in [0.5, 0.6) is 5.75 Å². The molecule has 2 heterocycles. The smallest absolute Gasteiger partial charge is 0.255 e. The summed E-state index contributed by atoms with van der Waals surface area (Å²) in [4.78, 5) is 12.9. The molecule has 3 rings (SSSR count). The summed E-state index contributed by atoms with van der Waals surface area (Å²) in [5.74, 6) is 0.462. The van der Waals surface area contributed by atoms with Crippen LogP contribution >= 0.6 is 34.5 Å². The van der Waals surface area contributed by atoms with Crippen LogP contribution < -0.4 is 10.1 Å². The summed E-state index contributed by atoms with van der Waals surface area (Å²) in [5.41, 5.74) is 1.37. The Morgan fingerprint density at radius 1 is 1.30 bits per heavy atom. The third kappa shape index (κ3) is 2.64. The molecule has 2 aromatic rings. The minimum atomic E-state index is -0.325. The van der Waals surface area contributed by atoms with Crippen LogP contribution in [-0.4, -0.2) is 19.1 Å². The molecule has 6 heteroatoms. The number of carbonyl (C=O) groups excluding carboxylic acids is 1. The van der Waals surface area contributed by atoms with Gasteiger partial charge in [0.1, 0.15) is 12.4 Å². The van der Waals surface area contributed by atoms with Crippen LogP contribution in [0.15, 0.2) is 30.3 Å². The van der Waals surface area contributed by atoms with Gasteiger partial charge in [0, 0.05) is 4.88 Å². The predicted octanol–water partition coefficient (Wildman–Crippen LogP) is 3.85. The van der Waals surface area contributed by atoms with E-state index in [2.05, 4.69) is 5.32 Å². The minimum absolute atomic E-state index is 0.132. The SMILES string of the molecule is O=C1NCCOc2ccc(C(Cl)c3ccc(Cl)s3)cc21. The van der Waals surface area contributed by atoms with Crippen molar-refractivity contribution in [2.24, 2.45) is 0 Å². The van der Waals surface area contributed by atoms with Crippen molar-refractivity contribution in [2.45, 2.75) is 5.38 Å². The number of ether oxygens (including phenoxy) is 1. The number of hydrogen-bond donors (Lipinski definition) is 1. The summed E-state index contributed by atoms with van der Waals surface area (Å²) < 4.78 is 6.21. The van der Waals surface area contributed by atoms with Crippen molar-refractivity contribution < 1.29 is 9.53 Å². The molecule has 1 N–H and O–H groups in total. The number of rotatable bonds is 2. The fraction of sp³-hybridized carbons (Fsp3) is 0.214. The molecule has 1 aromatic heterocycles. The molecule has 0 saturated heterocycles. The molecular weight excluding hydrogens is 317 g/mol. The van der Waals surface area contributed by atoms with Crippen molar-refractivity contribution >= 4 is 40.4 Å². The topological polar surface area (TPSA) is 38.3 Å². The highest BCUT2D eigenvalue weighted by Gasteiger charge is 2.20. The van der Waals surface area contributed by atoms with Crippen LogP contribution in [0.25, 0.3) is 0 Å². The van der Waals surface area contributed by atoms with Gasteiger partial charge in [-0.1, -0.05) is 17.7 Å². The summed E-state index contributed by atoms with van der Waals surface area (Å²) in [6, 6.07) is 9.16. The molecule has 1 aliphatic rings. The van der Waals surface area contributed by atoms with Gasteiger partial charge in [-0.05, 0) is 29.8 Å². The Hall–Kier alpha value is -1.23. The van der Waals surface area contributed by atoms with Crippen molar-refractivity contribution in [1.29, 1.82) is 0 Å². The van der Waals surface area contributed by atoms with Crippen LogP contribution in [-0.2, 0) is 0 Å². The highest BCUT2D eigenvalue weighted by molar-refractivity contribution is 7.16. The Balaban J connectivity index is 1.97. The maximum absolute atomic E-state index is 12.0. The first-order valence-electron chi connectivity index (χ1n) is 6.09. The lowest BCUT2D eigenvalue weighted by molar-refractivity contribution is 0.0957. The number of alkyl halides is 1. The first kappa shape index (κ1) is 13.7. The fourth-order valence-electron chi connectivity index (χ4n) is 2.06. The van der Waals surface area contributed by atoms with E-state index in [1.54, 1.807) is 12.1 Å². The van der Waals surface area contributed by atoms with Gasteiger partial charge in [0.05, 0.1) is 21.8 Å². The fourth-order valence-corrected chi connectivity index (χ4v) is 3.47. The Morgan fingerprint density at radius 2 is 2.15 bits per heavy atom. The molecule has 1 amide bonds. The lowest BCUT2D eigenvalue weighted by Crippen LogP contribution is -2.24. The van der Waals surface area contributed by atoms with Gasteiger partial charge in [-0.2, -0.15) is 0 Å². The summed E-state index contributed by atoms with van der Waals surface area (Å²) in [6.45, 7) is 0.983. The van der Waals surface area contributed by atoms with E-state index in [4.69, 9.17) is 27.9 Å². The monoisotopic (exact) mass is 327 g/mol. The molecule has 0 bridgehead atoms. The number of amides is 1. The molecule has 1 atom stereocenters. The molecule has 0 aliphatic carbocycles. The number of benzene rings is 1. The summed E-state index contributed by atoms with van der Waals surface area (Å²) in [7, 11) is 0. The van der Waals surface area contributed by atoms with Gasteiger partial charge in [0.15, 0.2) is 0 Å². The quantitative estimate of drug-likeness (QED) is 0.851. The first-order chi connectivity index (χ1) is 9.65. The number of carbonyl (C=O) groups is 1. The average Bonchev–Trinajstić information content (AvgIpc) is 2.80. The third-order valence-electron chi connectivity index (χ3n) is 3.03. The molecule has 0 saturated carbocycles. The Morgan fingerprint density at radius 3 is 2.90 bits per heavy atom. The van der Waals surface area contributed by atoms with Crippen molar-refractivity contribution in [3.8, 4) is 5.75 Å². The zero-order valence-corrected chi connectivity index (χ0v) is 12.7. The highest BCUT2D eigenvalue weighted by Crippen LogP contribution is 2.37. The normalized spacial score (nSPS) is 15.8. The molecule has 1 aromatic carbocycles. The molecule has 1 aliphatic heterocycles. The molecule has 0 radical (unpaired) electrons. The molecule has 20 heavy (non-hydrogen) atoms. The summed E-state index contributed by atoms with van der Waals surface area (Å²) in [6.07, 6.45) is 0. The summed E-state index contributed by atoms with van der Waals surface area (Å²) >= 11 is 13.8. The van der Waals surface area contributed by atoms with E-state index >= 15 is 0 Å². The number of thiophene rings is 1. The number of hydrogen-bond acceptors (Lipinski definition) is 3. The second-order valence-corrected chi connectivity index (χ2v) is 6.55. The lowest BCUT2D eigenvalue weighted by Gasteiger charge is -2.11. The second-order valence-electron chi connectivity index (χ2n) is 4.36. The minimum Gasteiger partial charge on any atom is -0.491 e. The lowest BCUT2D eigenvalue weighted by atomic mass is 10.1. The standard InChI is InChI=1S/C14H11Cl2NO2S/c15-12-4-3-11(20-12)13(16)8-1-2-10-9(7-8)14(18)17-5-6-19-10/h1-4,7,13H,5-6H2,(H,17,18). The molecule has 0 fully saturated rings. The van der Waals surface area contributed by atoms with Crippen LogP contribution in [0.4, 0.5) is 0 Å².